The number of rotatable bonds is 3. The summed E-state index contributed by atoms with van der Waals surface area (Å²) >= 11 is 6.18. The molecule has 0 atom stereocenters. The van der Waals surface area contributed by atoms with Gasteiger partial charge in [0, 0.05) is 38.6 Å². The Hall–Kier alpha value is -1.63. The summed E-state index contributed by atoms with van der Waals surface area (Å²) in [4.78, 5) is 6.47. The van der Waals surface area contributed by atoms with Crippen LogP contribution in [0.5, 0.6) is 0 Å². The van der Waals surface area contributed by atoms with E-state index in [1.807, 2.05) is 32.0 Å². The minimum atomic E-state index is -3.46. The Morgan fingerprint density at radius 1 is 1.08 bits per heavy atom. The highest BCUT2D eigenvalue weighted by atomic mass is 35.5. The highest BCUT2D eigenvalue weighted by Gasteiger charge is 2.30. The molecule has 0 N–H and O–H groups in total. The maximum Gasteiger partial charge on any atom is 0.243 e. The van der Waals surface area contributed by atoms with Crippen molar-refractivity contribution in [2.24, 2.45) is 0 Å². The van der Waals surface area contributed by atoms with Crippen LogP contribution in [-0.2, 0) is 10.0 Å². The third-order valence-corrected chi connectivity index (χ3v) is 6.63. The van der Waals surface area contributed by atoms with E-state index < -0.39 is 10.0 Å². The van der Waals surface area contributed by atoms with Crippen molar-refractivity contribution in [2.45, 2.75) is 18.7 Å². The number of pyridine rings is 1. The van der Waals surface area contributed by atoms with E-state index in [1.165, 1.54) is 0 Å². The summed E-state index contributed by atoms with van der Waals surface area (Å²) in [6.45, 7) is 5.89. The van der Waals surface area contributed by atoms with Crippen LogP contribution in [0.2, 0.25) is 5.02 Å². The summed E-state index contributed by atoms with van der Waals surface area (Å²) in [5, 5.41) is 0.586. The zero-order chi connectivity index (χ0) is 17.3. The number of sulfonamides is 1. The third-order valence-electron chi connectivity index (χ3n) is 4.28. The number of aromatic nitrogens is 1. The smallest absolute Gasteiger partial charge is 0.243 e. The van der Waals surface area contributed by atoms with Gasteiger partial charge in [-0.1, -0.05) is 29.3 Å². The van der Waals surface area contributed by atoms with Crippen molar-refractivity contribution in [2.75, 3.05) is 31.1 Å². The summed E-state index contributed by atoms with van der Waals surface area (Å²) in [5.74, 6) is 0. The average Bonchev–Trinajstić information content (AvgIpc) is 2.55. The second-order valence-corrected chi connectivity index (χ2v) is 8.30. The molecule has 2 heterocycles. The van der Waals surface area contributed by atoms with Crippen LogP contribution >= 0.6 is 11.6 Å². The standard InChI is InChI=1S/C17H20ClN3O2S/c1-13-3-4-17(14(2)11-13)24(22,23)21-9-7-20(8-10-21)16-5-6-19-12-15(16)18/h3-6,11-12H,7-10H2,1-2H3. The fraction of sp³-hybridized carbons (Fsp3) is 0.353. The normalized spacial score (nSPS) is 16.4. The SMILES string of the molecule is Cc1ccc(S(=O)(=O)N2CCN(c3ccncc3Cl)CC2)c(C)c1. The van der Waals surface area contributed by atoms with Gasteiger partial charge in [0.2, 0.25) is 10.0 Å². The quantitative estimate of drug-likeness (QED) is 0.839. The molecular weight excluding hydrogens is 346 g/mol. The zero-order valence-corrected chi connectivity index (χ0v) is 15.3. The fourth-order valence-corrected chi connectivity index (χ4v) is 4.89. The van der Waals surface area contributed by atoms with Gasteiger partial charge in [0.1, 0.15) is 0 Å². The predicted octanol–water partition coefficient (Wildman–Crippen LogP) is 2.86. The lowest BCUT2D eigenvalue weighted by molar-refractivity contribution is 0.384. The molecule has 0 radical (unpaired) electrons. The number of aryl methyl sites for hydroxylation is 2. The molecule has 0 saturated carbocycles. The molecule has 0 spiro atoms. The number of halogens is 1. The van der Waals surface area contributed by atoms with Crippen LogP contribution in [0.3, 0.4) is 0 Å². The highest BCUT2D eigenvalue weighted by molar-refractivity contribution is 7.89. The Morgan fingerprint density at radius 3 is 2.42 bits per heavy atom. The molecule has 0 unspecified atom stereocenters. The molecule has 1 aliphatic rings. The van der Waals surface area contributed by atoms with Gasteiger partial charge in [0.05, 0.1) is 15.6 Å². The molecule has 1 aliphatic heterocycles. The Labute approximate surface area is 147 Å². The highest BCUT2D eigenvalue weighted by Crippen LogP contribution is 2.27. The monoisotopic (exact) mass is 365 g/mol. The van der Waals surface area contributed by atoms with Gasteiger partial charge in [-0.15, -0.1) is 0 Å². The minimum Gasteiger partial charge on any atom is -0.368 e. The first-order valence-corrected chi connectivity index (χ1v) is 9.63. The first kappa shape index (κ1) is 17.2. The Kier molecular flexibility index (Phi) is 4.80. The van der Waals surface area contributed by atoms with Crippen molar-refractivity contribution in [1.29, 1.82) is 0 Å². The lowest BCUT2D eigenvalue weighted by Gasteiger charge is -2.35. The number of piperazine rings is 1. The Morgan fingerprint density at radius 2 is 1.79 bits per heavy atom. The summed E-state index contributed by atoms with van der Waals surface area (Å²) in [6.07, 6.45) is 3.30. The van der Waals surface area contributed by atoms with Gasteiger partial charge in [-0.05, 0) is 31.5 Å². The summed E-state index contributed by atoms with van der Waals surface area (Å²) < 4.78 is 27.4. The van der Waals surface area contributed by atoms with E-state index >= 15 is 0 Å². The second kappa shape index (κ2) is 6.70. The number of benzene rings is 1. The van der Waals surface area contributed by atoms with Crippen LogP contribution in [0.15, 0.2) is 41.6 Å². The van der Waals surface area contributed by atoms with Crippen molar-refractivity contribution < 1.29 is 8.42 Å². The van der Waals surface area contributed by atoms with Crippen molar-refractivity contribution >= 4 is 27.3 Å². The van der Waals surface area contributed by atoms with Gasteiger partial charge in [0.15, 0.2) is 0 Å². The summed E-state index contributed by atoms with van der Waals surface area (Å²) in [7, 11) is -3.46. The van der Waals surface area contributed by atoms with Crippen LogP contribution in [0.1, 0.15) is 11.1 Å². The number of anilines is 1. The number of hydrogen-bond donors (Lipinski definition) is 0. The summed E-state index contributed by atoms with van der Waals surface area (Å²) in [6, 6.07) is 7.30. The van der Waals surface area contributed by atoms with E-state index in [0.717, 1.165) is 16.8 Å². The Bertz CT molecular complexity index is 847. The largest absolute Gasteiger partial charge is 0.368 e. The van der Waals surface area contributed by atoms with Crippen molar-refractivity contribution in [3.63, 3.8) is 0 Å². The minimum absolute atomic E-state index is 0.392. The molecule has 0 aliphatic carbocycles. The first-order valence-electron chi connectivity index (χ1n) is 7.81. The maximum absolute atomic E-state index is 12.9. The van der Waals surface area contributed by atoms with Crippen LogP contribution in [0.4, 0.5) is 5.69 Å². The molecule has 1 aromatic carbocycles. The molecule has 0 bridgehead atoms. The van der Waals surface area contributed by atoms with E-state index in [1.54, 1.807) is 22.8 Å². The van der Waals surface area contributed by atoms with Crippen LogP contribution < -0.4 is 4.90 Å². The molecule has 3 rings (SSSR count). The molecule has 24 heavy (non-hydrogen) atoms. The molecule has 1 saturated heterocycles. The zero-order valence-electron chi connectivity index (χ0n) is 13.7. The summed E-state index contributed by atoms with van der Waals surface area (Å²) in [5.41, 5.74) is 2.74. The van der Waals surface area contributed by atoms with Crippen molar-refractivity contribution in [3.05, 3.63) is 52.8 Å². The van der Waals surface area contributed by atoms with Gasteiger partial charge >= 0.3 is 0 Å². The van der Waals surface area contributed by atoms with Crippen LogP contribution in [0, 0.1) is 13.8 Å². The van der Waals surface area contributed by atoms with Gasteiger partial charge in [-0.2, -0.15) is 4.31 Å². The van der Waals surface area contributed by atoms with E-state index in [-0.39, 0.29) is 0 Å². The average molecular weight is 366 g/mol. The van der Waals surface area contributed by atoms with E-state index in [4.69, 9.17) is 11.6 Å². The number of hydrogen-bond acceptors (Lipinski definition) is 4. The molecule has 2 aromatic rings. The van der Waals surface area contributed by atoms with Crippen LogP contribution in [-0.4, -0.2) is 43.9 Å². The Balaban J connectivity index is 1.78. The van der Waals surface area contributed by atoms with Crippen LogP contribution in [0.25, 0.3) is 0 Å². The van der Waals surface area contributed by atoms with E-state index in [2.05, 4.69) is 9.88 Å². The van der Waals surface area contributed by atoms with Gasteiger partial charge in [-0.3, -0.25) is 4.98 Å². The second-order valence-electron chi connectivity index (χ2n) is 5.99. The van der Waals surface area contributed by atoms with E-state index in [0.29, 0.717) is 36.1 Å². The topological polar surface area (TPSA) is 53.5 Å². The van der Waals surface area contributed by atoms with Crippen molar-refractivity contribution in [3.8, 4) is 0 Å². The van der Waals surface area contributed by atoms with Gasteiger partial charge < -0.3 is 4.90 Å². The molecule has 7 heteroatoms. The molecular formula is C17H20ClN3O2S. The molecule has 128 valence electrons. The van der Waals surface area contributed by atoms with Crippen molar-refractivity contribution in [1.82, 2.24) is 9.29 Å². The maximum atomic E-state index is 12.9. The molecule has 1 fully saturated rings. The lowest BCUT2D eigenvalue weighted by Crippen LogP contribution is -2.48. The molecule has 1 aromatic heterocycles. The van der Waals surface area contributed by atoms with Gasteiger partial charge in [0.25, 0.3) is 0 Å². The number of nitrogens with zero attached hydrogens (tertiary/aromatic N) is 3. The lowest BCUT2D eigenvalue weighted by atomic mass is 10.2. The van der Waals surface area contributed by atoms with Gasteiger partial charge in [-0.25, -0.2) is 8.42 Å². The molecule has 0 amide bonds. The third kappa shape index (κ3) is 3.27. The molecule has 5 nitrogen and oxygen atoms in total. The van der Waals surface area contributed by atoms with E-state index in [9.17, 15) is 8.42 Å². The predicted molar refractivity (Wildman–Crippen MR) is 96.1 cm³/mol. The fourth-order valence-electron chi connectivity index (χ4n) is 3.02. The first-order chi connectivity index (χ1) is 11.4.